The van der Waals surface area contributed by atoms with Gasteiger partial charge in [0.2, 0.25) is 5.91 Å². The van der Waals surface area contributed by atoms with Crippen molar-refractivity contribution in [2.45, 2.75) is 38.5 Å². The SMILES string of the molecule is COCC1(C(=O)O)CCN(C(=O)CCC(=O)c2ccc3c(c2)CCC3)C1. The largest absolute Gasteiger partial charge is 0.481 e. The summed E-state index contributed by atoms with van der Waals surface area (Å²) in [5.41, 5.74) is 2.19. The first-order valence-corrected chi connectivity index (χ1v) is 9.10. The highest BCUT2D eigenvalue weighted by Gasteiger charge is 2.46. The van der Waals surface area contributed by atoms with Crippen LogP contribution in [0.2, 0.25) is 0 Å². The minimum atomic E-state index is -1.03. The number of amides is 1. The Morgan fingerprint density at radius 3 is 2.69 bits per heavy atom. The number of benzene rings is 1. The molecule has 0 aromatic heterocycles. The summed E-state index contributed by atoms with van der Waals surface area (Å²) in [5, 5.41) is 9.47. The third-order valence-corrected chi connectivity index (χ3v) is 5.57. The zero-order valence-corrected chi connectivity index (χ0v) is 15.1. The number of ether oxygens (including phenoxy) is 1. The van der Waals surface area contributed by atoms with Gasteiger partial charge in [-0.1, -0.05) is 12.1 Å². The predicted octanol–water partition coefficient (Wildman–Crippen LogP) is 2.09. The summed E-state index contributed by atoms with van der Waals surface area (Å²) < 4.78 is 5.04. The molecule has 1 heterocycles. The molecule has 1 fully saturated rings. The Morgan fingerprint density at radius 2 is 1.96 bits per heavy atom. The van der Waals surface area contributed by atoms with Crippen molar-refractivity contribution in [3.8, 4) is 0 Å². The molecule has 1 aliphatic heterocycles. The van der Waals surface area contributed by atoms with Crippen molar-refractivity contribution in [2.24, 2.45) is 5.41 Å². The molecule has 0 bridgehead atoms. The van der Waals surface area contributed by atoms with Crippen LogP contribution in [-0.4, -0.2) is 54.5 Å². The van der Waals surface area contributed by atoms with Crippen LogP contribution in [0.3, 0.4) is 0 Å². The third-order valence-electron chi connectivity index (χ3n) is 5.57. The number of hydrogen-bond donors (Lipinski definition) is 1. The molecule has 1 aromatic rings. The second-order valence-electron chi connectivity index (χ2n) is 7.34. The topological polar surface area (TPSA) is 83.9 Å². The van der Waals surface area contributed by atoms with Crippen LogP contribution in [-0.2, 0) is 27.2 Å². The average Bonchev–Trinajstić information content (AvgIpc) is 3.26. The first kappa shape index (κ1) is 18.6. The lowest BCUT2D eigenvalue weighted by Crippen LogP contribution is -2.40. The molecule has 1 amide bonds. The number of fused-ring (bicyclic) bond motifs is 1. The Bertz CT molecular complexity index is 729. The second-order valence-corrected chi connectivity index (χ2v) is 7.34. The van der Waals surface area contributed by atoms with E-state index in [0.29, 0.717) is 18.5 Å². The Kier molecular flexibility index (Phi) is 5.41. The van der Waals surface area contributed by atoms with Crippen LogP contribution < -0.4 is 0 Å². The number of carbonyl (C=O) groups is 3. The molecular formula is C20H25NO5. The first-order valence-electron chi connectivity index (χ1n) is 9.10. The molecule has 1 aliphatic carbocycles. The molecule has 6 heteroatoms. The maximum atomic E-state index is 12.4. The normalized spacial score (nSPS) is 21.7. The van der Waals surface area contributed by atoms with E-state index in [4.69, 9.17) is 4.74 Å². The molecular weight excluding hydrogens is 334 g/mol. The van der Waals surface area contributed by atoms with Crippen molar-refractivity contribution in [3.63, 3.8) is 0 Å². The summed E-state index contributed by atoms with van der Waals surface area (Å²) in [6, 6.07) is 5.82. The van der Waals surface area contributed by atoms with E-state index >= 15 is 0 Å². The third kappa shape index (κ3) is 3.65. The molecule has 1 saturated heterocycles. The van der Waals surface area contributed by atoms with Gasteiger partial charge in [-0.15, -0.1) is 0 Å². The molecule has 26 heavy (non-hydrogen) atoms. The average molecular weight is 359 g/mol. The van der Waals surface area contributed by atoms with Gasteiger partial charge in [0.25, 0.3) is 0 Å². The highest BCUT2D eigenvalue weighted by atomic mass is 16.5. The number of carbonyl (C=O) groups excluding carboxylic acids is 2. The van der Waals surface area contributed by atoms with Gasteiger partial charge in [0, 0.05) is 38.6 Å². The van der Waals surface area contributed by atoms with Crippen LogP contribution in [0, 0.1) is 5.41 Å². The predicted molar refractivity (Wildman–Crippen MR) is 95.2 cm³/mol. The Balaban J connectivity index is 1.56. The minimum Gasteiger partial charge on any atom is -0.481 e. The van der Waals surface area contributed by atoms with Crippen molar-refractivity contribution < 1.29 is 24.2 Å². The fraction of sp³-hybridized carbons (Fsp3) is 0.550. The molecule has 1 atom stereocenters. The van der Waals surface area contributed by atoms with Crippen LogP contribution in [0.1, 0.15) is 47.2 Å². The summed E-state index contributed by atoms with van der Waals surface area (Å²) in [6.07, 6.45) is 3.86. The number of aryl methyl sites for hydroxylation is 2. The molecule has 1 aromatic carbocycles. The number of aliphatic carboxylic acids is 1. The van der Waals surface area contributed by atoms with E-state index < -0.39 is 11.4 Å². The zero-order chi connectivity index (χ0) is 18.7. The Hall–Kier alpha value is -2.21. The first-order chi connectivity index (χ1) is 12.4. The second kappa shape index (κ2) is 7.58. The van der Waals surface area contributed by atoms with Crippen molar-refractivity contribution in [1.29, 1.82) is 0 Å². The van der Waals surface area contributed by atoms with Gasteiger partial charge >= 0.3 is 5.97 Å². The summed E-state index contributed by atoms with van der Waals surface area (Å²) in [4.78, 5) is 37.9. The summed E-state index contributed by atoms with van der Waals surface area (Å²) >= 11 is 0. The van der Waals surface area contributed by atoms with Gasteiger partial charge in [0.05, 0.1) is 6.61 Å². The molecule has 140 valence electrons. The van der Waals surface area contributed by atoms with Crippen LogP contribution >= 0.6 is 0 Å². The maximum absolute atomic E-state index is 12.4. The Labute approximate surface area is 153 Å². The van der Waals surface area contributed by atoms with Gasteiger partial charge in [0.15, 0.2) is 5.78 Å². The van der Waals surface area contributed by atoms with Crippen molar-refractivity contribution in [2.75, 3.05) is 26.8 Å². The van der Waals surface area contributed by atoms with E-state index in [1.807, 2.05) is 18.2 Å². The minimum absolute atomic E-state index is 0.0337. The Morgan fingerprint density at radius 1 is 1.19 bits per heavy atom. The van der Waals surface area contributed by atoms with E-state index in [9.17, 15) is 19.5 Å². The number of carboxylic acids is 1. The number of Topliss-reactive ketones (excluding diaryl/α,β-unsaturated/α-hetero) is 1. The molecule has 0 saturated carbocycles. The van der Waals surface area contributed by atoms with Crippen LogP contribution in [0.15, 0.2) is 18.2 Å². The summed E-state index contributed by atoms with van der Waals surface area (Å²) in [6.45, 7) is 0.615. The van der Waals surface area contributed by atoms with E-state index in [0.717, 1.165) is 19.3 Å². The number of carboxylic acid groups (broad SMARTS) is 1. The zero-order valence-electron chi connectivity index (χ0n) is 15.1. The van der Waals surface area contributed by atoms with Gasteiger partial charge in [-0.25, -0.2) is 0 Å². The number of hydrogen-bond acceptors (Lipinski definition) is 4. The number of ketones is 1. The van der Waals surface area contributed by atoms with Crippen LogP contribution in [0.5, 0.6) is 0 Å². The number of nitrogens with zero attached hydrogens (tertiary/aromatic N) is 1. The molecule has 0 radical (unpaired) electrons. The lowest BCUT2D eigenvalue weighted by molar-refractivity contribution is -0.151. The summed E-state index contributed by atoms with van der Waals surface area (Å²) in [5.74, 6) is -1.14. The number of methoxy groups -OCH3 is 1. The van der Waals surface area contributed by atoms with E-state index in [1.54, 1.807) is 4.90 Å². The van der Waals surface area contributed by atoms with Gasteiger partial charge in [-0.2, -0.15) is 0 Å². The van der Waals surface area contributed by atoms with E-state index in [-0.39, 0.29) is 37.7 Å². The monoisotopic (exact) mass is 359 g/mol. The fourth-order valence-electron chi connectivity index (χ4n) is 3.98. The van der Waals surface area contributed by atoms with Crippen molar-refractivity contribution in [3.05, 3.63) is 34.9 Å². The number of likely N-dealkylation sites (tertiary alicyclic amines) is 1. The molecule has 6 nitrogen and oxygen atoms in total. The van der Waals surface area contributed by atoms with Gasteiger partial charge < -0.3 is 14.7 Å². The van der Waals surface area contributed by atoms with Gasteiger partial charge in [-0.3, -0.25) is 14.4 Å². The van der Waals surface area contributed by atoms with Crippen LogP contribution in [0.25, 0.3) is 0 Å². The van der Waals surface area contributed by atoms with Crippen molar-refractivity contribution >= 4 is 17.7 Å². The molecule has 3 rings (SSSR count). The molecule has 1 N–H and O–H groups in total. The van der Waals surface area contributed by atoms with Gasteiger partial charge in [0.1, 0.15) is 5.41 Å². The lowest BCUT2D eigenvalue weighted by atomic mass is 9.88. The molecule has 2 aliphatic rings. The van der Waals surface area contributed by atoms with Crippen LogP contribution in [0.4, 0.5) is 0 Å². The lowest BCUT2D eigenvalue weighted by Gasteiger charge is -2.23. The molecule has 1 unspecified atom stereocenters. The molecule has 0 spiro atoms. The van der Waals surface area contributed by atoms with Gasteiger partial charge in [-0.05, 0) is 42.9 Å². The highest BCUT2D eigenvalue weighted by Crippen LogP contribution is 2.32. The van der Waals surface area contributed by atoms with E-state index in [2.05, 4.69) is 0 Å². The summed E-state index contributed by atoms with van der Waals surface area (Å²) in [7, 11) is 1.46. The smallest absolute Gasteiger partial charge is 0.313 e. The highest BCUT2D eigenvalue weighted by molar-refractivity contribution is 5.98. The van der Waals surface area contributed by atoms with Crippen molar-refractivity contribution in [1.82, 2.24) is 4.90 Å². The quantitative estimate of drug-likeness (QED) is 0.754. The van der Waals surface area contributed by atoms with E-state index in [1.165, 1.54) is 18.2 Å². The maximum Gasteiger partial charge on any atom is 0.313 e. The number of rotatable bonds is 7. The standard InChI is InChI=1S/C20H25NO5/c1-26-13-20(19(24)25)9-10-21(12-20)18(23)8-7-17(22)16-6-5-14-3-2-4-15(14)11-16/h5-6,11H,2-4,7-10,12-13H2,1H3,(H,24,25). The fourth-order valence-corrected chi connectivity index (χ4v) is 3.98.